The van der Waals surface area contributed by atoms with Gasteiger partial charge in [0, 0.05) is 26.0 Å². The Morgan fingerprint density at radius 1 is 1.61 bits per heavy atom. The van der Waals surface area contributed by atoms with Gasteiger partial charge in [-0.05, 0) is 25.7 Å². The van der Waals surface area contributed by atoms with Crippen molar-refractivity contribution >= 4 is 11.7 Å². The van der Waals surface area contributed by atoms with Crippen LogP contribution in [-0.2, 0) is 16.0 Å². The van der Waals surface area contributed by atoms with Gasteiger partial charge in [-0.1, -0.05) is 0 Å². The van der Waals surface area contributed by atoms with Crippen LogP contribution in [0.2, 0.25) is 0 Å². The van der Waals surface area contributed by atoms with Crippen LogP contribution in [0.15, 0.2) is 6.20 Å². The number of ether oxygens (including phenoxy) is 2. The molecule has 100 valence electrons. The third kappa shape index (κ3) is 3.01. The van der Waals surface area contributed by atoms with Gasteiger partial charge in [-0.15, -0.1) is 0 Å². The second kappa shape index (κ2) is 5.86. The summed E-state index contributed by atoms with van der Waals surface area (Å²) in [6, 6.07) is 0. The van der Waals surface area contributed by atoms with Gasteiger partial charge >= 0.3 is 5.97 Å². The molecule has 0 aromatic carbocycles. The van der Waals surface area contributed by atoms with E-state index in [2.05, 4.69) is 5.10 Å². The Morgan fingerprint density at radius 3 is 3.00 bits per heavy atom. The number of aromatic nitrogens is 2. The molecule has 0 saturated carbocycles. The van der Waals surface area contributed by atoms with Crippen molar-refractivity contribution in [3.8, 4) is 0 Å². The van der Waals surface area contributed by atoms with E-state index in [1.54, 1.807) is 17.8 Å². The Kier molecular flexibility index (Phi) is 4.19. The Morgan fingerprint density at radius 2 is 2.33 bits per heavy atom. The Labute approximate surface area is 106 Å². The Balaban J connectivity index is 2.01. The number of rotatable bonds is 4. The summed E-state index contributed by atoms with van der Waals surface area (Å²) < 4.78 is 11.9. The van der Waals surface area contributed by atoms with Gasteiger partial charge in [0.05, 0.1) is 12.3 Å². The van der Waals surface area contributed by atoms with E-state index < -0.39 is 5.97 Å². The normalized spacial score (nSPS) is 16.7. The highest BCUT2D eigenvalue weighted by Gasteiger charge is 2.19. The van der Waals surface area contributed by atoms with Crippen molar-refractivity contribution in [2.75, 3.05) is 25.6 Å². The first-order chi connectivity index (χ1) is 8.70. The number of carbonyl (C=O) groups is 1. The smallest absolute Gasteiger partial charge is 0.361 e. The average Bonchev–Trinajstić information content (AvgIpc) is 2.72. The van der Waals surface area contributed by atoms with Crippen LogP contribution < -0.4 is 5.73 Å². The number of nitrogens with zero attached hydrogens (tertiary/aromatic N) is 2. The Hall–Kier alpha value is -1.56. The first-order valence-corrected chi connectivity index (χ1v) is 6.28. The fraction of sp³-hybridized carbons (Fsp3) is 0.667. The summed E-state index contributed by atoms with van der Waals surface area (Å²) in [5, 5.41) is 4.20. The first kappa shape index (κ1) is 12.9. The van der Waals surface area contributed by atoms with Gasteiger partial charge in [-0.2, -0.15) is 5.10 Å². The number of anilines is 1. The molecule has 0 radical (unpaired) electrons. The number of nitrogen functional groups attached to an aromatic ring is 1. The van der Waals surface area contributed by atoms with E-state index >= 15 is 0 Å². The molecular formula is C12H19N3O3. The monoisotopic (exact) mass is 253 g/mol. The highest BCUT2D eigenvalue weighted by molar-refractivity contribution is 5.92. The van der Waals surface area contributed by atoms with Crippen molar-refractivity contribution in [1.82, 2.24) is 9.78 Å². The summed E-state index contributed by atoms with van der Waals surface area (Å²) >= 11 is 0. The fourth-order valence-electron chi connectivity index (χ4n) is 2.08. The quantitative estimate of drug-likeness (QED) is 0.812. The molecule has 1 saturated heterocycles. The predicted octanol–water partition coefficient (Wildman–Crippen LogP) is 1.07. The van der Waals surface area contributed by atoms with Gasteiger partial charge in [0.1, 0.15) is 0 Å². The Bertz CT molecular complexity index is 411. The van der Waals surface area contributed by atoms with Gasteiger partial charge in [-0.25, -0.2) is 4.79 Å². The molecule has 2 heterocycles. The standard InChI is InChI=1S/C12H19N3O3/c1-2-18-12(16)11-10(13)8-15(14-11)7-9-3-5-17-6-4-9/h8-9H,2-7,13H2,1H3. The first-order valence-electron chi connectivity index (χ1n) is 6.28. The average molecular weight is 253 g/mol. The van der Waals surface area contributed by atoms with Gasteiger partial charge < -0.3 is 15.2 Å². The maximum Gasteiger partial charge on any atom is 0.361 e. The van der Waals surface area contributed by atoms with Crippen LogP contribution >= 0.6 is 0 Å². The number of carbonyl (C=O) groups excluding carboxylic acids is 1. The molecule has 6 nitrogen and oxygen atoms in total. The molecule has 2 N–H and O–H groups in total. The molecule has 1 aliphatic rings. The maximum atomic E-state index is 11.6. The minimum atomic E-state index is -0.458. The van der Waals surface area contributed by atoms with Crippen LogP contribution in [0.3, 0.4) is 0 Å². The molecule has 1 aromatic heterocycles. The van der Waals surface area contributed by atoms with Crippen molar-refractivity contribution in [2.24, 2.45) is 5.92 Å². The molecule has 2 rings (SSSR count). The lowest BCUT2D eigenvalue weighted by atomic mass is 10.0. The summed E-state index contributed by atoms with van der Waals surface area (Å²) in [5.41, 5.74) is 6.36. The van der Waals surface area contributed by atoms with E-state index in [1.165, 1.54) is 0 Å². The lowest BCUT2D eigenvalue weighted by Crippen LogP contribution is -2.20. The van der Waals surface area contributed by atoms with Crippen LogP contribution in [0.25, 0.3) is 0 Å². The second-order valence-electron chi connectivity index (χ2n) is 4.43. The summed E-state index contributed by atoms with van der Waals surface area (Å²) in [6.45, 7) is 4.45. The third-order valence-electron chi connectivity index (χ3n) is 3.04. The van der Waals surface area contributed by atoms with Crippen LogP contribution in [0.5, 0.6) is 0 Å². The number of nitrogens with two attached hydrogens (primary N) is 1. The van der Waals surface area contributed by atoms with E-state index in [0.717, 1.165) is 32.6 Å². The number of hydrogen-bond acceptors (Lipinski definition) is 5. The van der Waals surface area contributed by atoms with E-state index in [9.17, 15) is 4.79 Å². The lowest BCUT2D eigenvalue weighted by molar-refractivity contribution is 0.0514. The van der Waals surface area contributed by atoms with Crippen LogP contribution in [-0.4, -0.2) is 35.6 Å². The largest absolute Gasteiger partial charge is 0.461 e. The molecule has 0 amide bonds. The van der Waals surface area contributed by atoms with Gasteiger partial charge in [0.15, 0.2) is 5.69 Å². The van der Waals surface area contributed by atoms with E-state index in [0.29, 0.717) is 18.2 Å². The summed E-state index contributed by atoms with van der Waals surface area (Å²) in [4.78, 5) is 11.6. The summed E-state index contributed by atoms with van der Waals surface area (Å²) in [6.07, 6.45) is 3.74. The highest BCUT2D eigenvalue weighted by Crippen LogP contribution is 2.18. The molecular weight excluding hydrogens is 234 g/mol. The van der Waals surface area contributed by atoms with Gasteiger partial charge in [-0.3, -0.25) is 4.68 Å². The zero-order chi connectivity index (χ0) is 13.0. The second-order valence-corrected chi connectivity index (χ2v) is 4.43. The SMILES string of the molecule is CCOC(=O)c1nn(CC2CCOCC2)cc1N. The molecule has 0 atom stereocenters. The molecule has 6 heteroatoms. The van der Waals surface area contributed by atoms with Crippen molar-refractivity contribution < 1.29 is 14.3 Å². The molecule has 0 spiro atoms. The lowest BCUT2D eigenvalue weighted by Gasteiger charge is -2.21. The summed E-state index contributed by atoms with van der Waals surface area (Å²) in [5.74, 6) is 0.0776. The van der Waals surface area contributed by atoms with E-state index in [4.69, 9.17) is 15.2 Å². The van der Waals surface area contributed by atoms with Crippen molar-refractivity contribution in [3.05, 3.63) is 11.9 Å². The van der Waals surface area contributed by atoms with Gasteiger partial charge in [0.2, 0.25) is 0 Å². The molecule has 18 heavy (non-hydrogen) atoms. The molecule has 1 aromatic rings. The zero-order valence-electron chi connectivity index (χ0n) is 10.6. The van der Waals surface area contributed by atoms with Crippen molar-refractivity contribution in [1.29, 1.82) is 0 Å². The van der Waals surface area contributed by atoms with E-state index in [1.807, 2.05) is 0 Å². The molecule has 1 fully saturated rings. The van der Waals surface area contributed by atoms with Gasteiger partial charge in [0.25, 0.3) is 0 Å². The molecule has 1 aliphatic heterocycles. The topological polar surface area (TPSA) is 79.4 Å². The van der Waals surface area contributed by atoms with Crippen LogP contribution in [0.4, 0.5) is 5.69 Å². The van der Waals surface area contributed by atoms with E-state index in [-0.39, 0.29) is 5.69 Å². The number of esters is 1. The molecule has 0 bridgehead atoms. The maximum absolute atomic E-state index is 11.6. The zero-order valence-corrected chi connectivity index (χ0v) is 10.6. The van der Waals surface area contributed by atoms with Crippen molar-refractivity contribution in [3.63, 3.8) is 0 Å². The van der Waals surface area contributed by atoms with Crippen LogP contribution in [0.1, 0.15) is 30.3 Å². The third-order valence-corrected chi connectivity index (χ3v) is 3.04. The molecule has 0 aliphatic carbocycles. The predicted molar refractivity (Wildman–Crippen MR) is 66.1 cm³/mol. The fourth-order valence-corrected chi connectivity index (χ4v) is 2.08. The number of hydrogen-bond donors (Lipinski definition) is 1. The minimum absolute atomic E-state index is 0.212. The van der Waals surface area contributed by atoms with Crippen molar-refractivity contribution in [2.45, 2.75) is 26.3 Å². The minimum Gasteiger partial charge on any atom is -0.461 e. The van der Waals surface area contributed by atoms with Crippen LogP contribution in [0, 0.1) is 5.92 Å². The summed E-state index contributed by atoms with van der Waals surface area (Å²) in [7, 11) is 0. The highest BCUT2D eigenvalue weighted by atomic mass is 16.5. The molecule has 0 unspecified atom stereocenters.